The van der Waals surface area contributed by atoms with Gasteiger partial charge in [-0.3, -0.25) is 14.7 Å². The summed E-state index contributed by atoms with van der Waals surface area (Å²) in [7, 11) is 0. The first kappa shape index (κ1) is 32.7. The molecule has 268 valence electrons. The average Bonchev–Trinajstić information content (AvgIpc) is 3.80. The Labute approximate surface area is 328 Å². The van der Waals surface area contributed by atoms with Crippen molar-refractivity contribution in [3.05, 3.63) is 215 Å². The topological polar surface area (TPSA) is 73.8 Å². The van der Waals surface area contributed by atoms with Gasteiger partial charge in [0.25, 0.3) is 5.69 Å². The zero-order valence-electron chi connectivity index (χ0n) is 30.6. The molecule has 1 aliphatic carbocycles. The fourth-order valence-electron chi connectivity index (χ4n) is 8.93. The summed E-state index contributed by atoms with van der Waals surface area (Å²) in [6.07, 6.45) is 0. The second-order valence-electron chi connectivity index (χ2n) is 14.5. The number of hydrogen-bond acceptors (Lipinski definition) is 4. The Bertz CT molecular complexity index is 3150. The molecule has 2 aromatic heterocycles. The first-order chi connectivity index (χ1) is 28.1. The SMILES string of the molecule is O=[N+]([O-])c1ccccc1-c1ccc2c(c1)-c1c(ccc3ccc4c(c5ccccc5n4-c4cc(-c5ccccc5)nc(-c5ccccc5)n4)c13)C2c1ccccc1. The average molecular weight is 733 g/mol. The zero-order chi connectivity index (χ0) is 38.0. The van der Waals surface area contributed by atoms with Crippen LogP contribution in [-0.4, -0.2) is 19.5 Å². The Kier molecular flexibility index (Phi) is 7.44. The molecule has 0 spiro atoms. The lowest BCUT2D eigenvalue weighted by Gasteiger charge is -2.15. The van der Waals surface area contributed by atoms with Gasteiger partial charge in [-0.1, -0.05) is 152 Å². The summed E-state index contributed by atoms with van der Waals surface area (Å²) < 4.78 is 2.28. The van der Waals surface area contributed by atoms with E-state index >= 15 is 0 Å². The van der Waals surface area contributed by atoms with Crippen molar-refractivity contribution in [1.29, 1.82) is 0 Å². The highest BCUT2D eigenvalue weighted by Gasteiger charge is 2.33. The number of nitro groups is 1. The van der Waals surface area contributed by atoms with Crippen LogP contribution in [0.5, 0.6) is 0 Å². The molecule has 8 aromatic carbocycles. The molecule has 11 rings (SSSR count). The lowest BCUT2D eigenvalue weighted by atomic mass is 9.88. The van der Waals surface area contributed by atoms with E-state index in [1.165, 1.54) is 16.7 Å². The van der Waals surface area contributed by atoms with E-state index in [4.69, 9.17) is 9.97 Å². The summed E-state index contributed by atoms with van der Waals surface area (Å²) in [5.41, 5.74) is 12.2. The molecule has 0 N–H and O–H groups in total. The normalized spacial score (nSPS) is 13.2. The Morgan fingerprint density at radius 3 is 1.98 bits per heavy atom. The fourth-order valence-corrected chi connectivity index (χ4v) is 8.93. The third kappa shape index (κ3) is 5.19. The summed E-state index contributed by atoms with van der Waals surface area (Å²) in [5.74, 6) is 1.43. The minimum absolute atomic E-state index is 0.00672. The quantitative estimate of drug-likeness (QED) is 0.126. The van der Waals surface area contributed by atoms with Crippen LogP contribution in [0.4, 0.5) is 5.69 Å². The molecule has 0 radical (unpaired) electrons. The van der Waals surface area contributed by atoms with Crippen molar-refractivity contribution in [2.75, 3.05) is 0 Å². The molecule has 1 aliphatic rings. The Morgan fingerprint density at radius 1 is 0.526 bits per heavy atom. The highest BCUT2D eigenvalue weighted by atomic mass is 16.6. The van der Waals surface area contributed by atoms with Gasteiger partial charge < -0.3 is 0 Å². The van der Waals surface area contributed by atoms with Gasteiger partial charge in [0.1, 0.15) is 5.82 Å². The second-order valence-corrected chi connectivity index (χ2v) is 14.5. The van der Waals surface area contributed by atoms with Gasteiger partial charge in [-0.2, -0.15) is 0 Å². The molecule has 0 saturated heterocycles. The highest BCUT2D eigenvalue weighted by Crippen LogP contribution is 2.54. The molecule has 1 unspecified atom stereocenters. The lowest BCUT2D eigenvalue weighted by molar-refractivity contribution is -0.384. The molecule has 0 amide bonds. The van der Waals surface area contributed by atoms with E-state index in [0.717, 1.165) is 71.9 Å². The molecule has 0 saturated carbocycles. The van der Waals surface area contributed by atoms with Crippen LogP contribution in [0.3, 0.4) is 0 Å². The first-order valence-electron chi connectivity index (χ1n) is 19.0. The van der Waals surface area contributed by atoms with Gasteiger partial charge in [-0.25, -0.2) is 9.97 Å². The van der Waals surface area contributed by atoms with Crippen molar-refractivity contribution < 1.29 is 4.92 Å². The predicted octanol–water partition coefficient (Wildman–Crippen LogP) is 12.8. The molecular weight excluding hydrogens is 701 g/mol. The number of aromatic nitrogens is 3. The number of fused-ring (bicyclic) bond motifs is 9. The summed E-state index contributed by atoms with van der Waals surface area (Å²) in [6, 6.07) is 64.0. The molecule has 57 heavy (non-hydrogen) atoms. The molecule has 0 fully saturated rings. The monoisotopic (exact) mass is 732 g/mol. The van der Waals surface area contributed by atoms with Crippen molar-refractivity contribution >= 4 is 38.3 Å². The predicted molar refractivity (Wildman–Crippen MR) is 230 cm³/mol. The van der Waals surface area contributed by atoms with Gasteiger partial charge in [-0.05, 0) is 68.4 Å². The maximum Gasteiger partial charge on any atom is 0.277 e. The maximum atomic E-state index is 12.2. The van der Waals surface area contributed by atoms with Gasteiger partial charge in [0, 0.05) is 39.9 Å². The summed E-state index contributed by atoms with van der Waals surface area (Å²) in [5, 5.41) is 16.8. The van der Waals surface area contributed by atoms with Crippen molar-refractivity contribution in [3.63, 3.8) is 0 Å². The van der Waals surface area contributed by atoms with E-state index in [1.807, 2.05) is 54.6 Å². The lowest BCUT2D eigenvalue weighted by Crippen LogP contribution is -2.02. The van der Waals surface area contributed by atoms with Crippen LogP contribution in [-0.2, 0) is 0 Å². The highest BCUT2D eigenvalue weighted by molar-refractivity contribution is 6.26. The second kappa shape index (κ2) is 13.0. The van der Waals surface area contributed by atoms with E-state index in [1.54, 1.807) is 12.1 Å². The molecule has 6 nitrogen and oxygen atoms in total. The van der Waals surface area contributed by atoms with Crippen LogP contribution >= 0.6 is 0 Å². The summed E-state index contributed by atoms with van der Waals surface area (Å²) in [4.78, 5) is 22.3. The van der Waals surface area contributed by atoms with Crippen LogP contribution in [0.2, 0.25) is 0 Å². The summed E-state index contributed by atoms with van der Waals surface area (Å²) >= 11 is 0. The Hall–Kier alpha value is -7.70. The molecular formula is C51H32N4O2. The molecule has 6 heteroatoms. The minimum atomic E-state index is -0.295. The van der Waals surface area contributed by atoms with Crippen LogP contribution in [0.25, 0.3) is 83.3 Å². The number of nitrogens with zero attached hydrogens (tertiary/aromatic N) is 4. The van der Waals surface area contributed by atoms with Gasteiger partial charge in [0.05, 0.1) is 27.2 Å². The third-order valence-electron chi connectivity index (χ3n) is 11.4. The van der Waals surface area contributed by atoms with E-state index < -0.39 is 0 Å². The summed E-state index contributed by atoms with van der Waals surface area (Å²) in [6.45, 7) is 0. The van der Waals surface area contributed by atoms with Gasteiger partial charge in [-0.15, -0.1) is 0 Å². The number of para-hydroxylation sites is 2. The Morgan fingerprint density at radius 2 is 1.19 bits per heavy atom. The van der Waals surface area contributed by atoms with Crippen LogP contribution in [0.1, 0.15) is 22.6 Å². The van der Waals surface area contributed by atoms with E-state index in [-0.39, 0.29) is 16.5 Å². The van der Waals surface area contributed by atoms with Crippen LogP contribution in [0.15, 0.2) is 188 Å². The van der Waals surface area contributed by atoms with E-state index in [2.05, 4.69) is 126 Å². The molecule has 0 bridgehead atoms. The number of hydrogen-bond donors (Lipinski definition) is 0. The standard InChI is InChI=1S/C51H32N4O2/c56-55(57)44-23-13-10-20-37(44)36-25-27-38-41(30-36)49-40(47(38)33-16-6-2-7-17-33)28-24-34-26-29-45-50(48(34)49)39-21-11-12-22-43(39)54(45)46-31-42(32-14-4-1-5-15-32)52-51(53-46)35-18-8-3-9-19-35/h1-31,47H. The zero-order valence-corrected chi connectivity index (χ0v) is 30.6. The van der Waals surface area contributed by atoms with E-state index in [0.29, 0.717) is 11.4 Å². The largest absolute Gasteiger partial charge is 0.294 e. The maximum absolute atomic E-state index is 12.2. The van der Waals surface area contributed by atoms with Crippen molar-refractivity contribution in [2.24, 2.45) is 0 Å². The smallest absolute Gasteiger partial charge is 0.277 e. The van der Waals surface area contributed by atoms with Gasteiger partial charge in [0.2, 0.25) is 0 Å². The molecule has 2 heterocycles. The van der Waals surface area contributed by atoms with E-state index in [9.17, 15) is 10.1 Å². The number of benzene rings is 8. The van der Waals surface area contributed by atoms with Crippen LogP contribution < -0.4 is 0 Å². The number of rotatable bonds is 6. The molecule has 1 atom stereocenters. The van der Waals surface area contributed by atoms with Crippen molar-refractivity contribution in [2.45, 2.75) is 5.92 Å². The third-order valence-corrected chi connectivity index (χ3v) is 11.4. The van der Waals surface area contributed by atoms with Gasteiger partial charge >= 0.3 is 0 Å². The Balaban J connectivity index is 1.24. The molecule has 10 aromatic rings. The minimum Gasteiger partial charge on any atom is -0.294 e. The fraction of sp³-hybridized carbons (Fsp3) is 0.0196. The first-order valence-corrected chi connectivity index (χ1v) is 19.0. The van der Waals surface area contributed by atoms with Crippen LogP contribution in [0, 0.1) is 10.1 Å². The van der Waals surface area contributed by atoms with Gasteiger partial charge in [0.15, 0.2) is 5.82 Å². The van der Waals surface area contributed by atoms with Crippen molar-refractivity contribution in [1.82, 2.24) is 14.5 Å². The number of nitro benzene ring substituents is 1. The molecule has 0 aliphatic heterocycles. The van der Waals surface area contributed by atoms with Crippen molar-refractivity contribution in [3.8, 4) is 50.7 Å².